The van der Waals surface area contributed by atoms with E-state index in [1.807, 2.05) is 0 Å². The van der Waals surface area contributed by atoms with Gasteiger partial charge in [-0.15, -0.1) is 0 Å². The van der Waals surface area contributed by atoms with E-state index in [2.05, 4.69) is 38.5 Å². The Balaban J connectivity index is 2.29. The fourth-order valence-corrected chi connectivity index (χ4v) is 4.70. The van der Waals surface area contributed by atoms with Gasteiger partial charge in [0.2, 0.25) is 0 Å². The van der Waals surface area contributed by atoms with Crippen LogP contribution in [0, 0.1) is 3.57 Å². The van der Waals surface area contributed by atoms with Gasteiger partial charge in [0.15, 0.2) is 6.61 Å². The lowest BCUT2D eigenvalue weighted by Gasteiger charge is -2.12. The summed E-state index contributed by atoms with van der Waals surface area (Å²) in [5.41, 5.74) is 0.521. The fraction of sp³-hybridized carbons (Fsp3) is 0.312. The number of hydrogen-bond acceptors (Lipinski definition) is 6. The van der Waals surface area contributed by atoms with Crippen LogP contribution in [-0.2, 0) is 14.3 Å². The molecule has 1 aromatic carbocycles. The first-order chi connectivity index (χ1) is 12.3. The Morgan fingerprint density at radius 2 is 2.15 bits per heavy atom. The highest BCUT2D eigenvalue weighted by Gasteiger charge is 2.34. The van der Waals surface area contributed by atoms with E-state index in [0.717, 1.165) is 15.3 Å². The van der Waals surface area contributed by atoms with Gasteiger partial charge in [0.25, 0.3) is 11.1 Å². The zero-order valence-corrected chi connectivity index (χ0v) is 18.2. The van der Waals surface area contributed by atoms with Gasteiger partial charge in [-0.05, 0) is 74.9 Å². The number of imide groups is 1. The SMILES string of the molecule is COCCCN1C(=O)S/C(=C/c2cc(I)cc(Br)c2OCC(=O)O)C1=O. The van der Waals surface area contributed by atoms with Crippen molar-refractivity contribution in [3.8, 4) is 5.75 Å². The number of carbonyl (C=O) groups excluding carboxylic acids is 2. The highest BCUT2D eigenvalue weighted by atomic mass is 127. The van der Waals surface area contributed by atoms with Crippen LogP contribution >= 0.6 is 50.3 Å². The molecule has 1 saturated heterocycles. The molecular weight excluding hydrogens is 541 g/mol. The molecule has 7 nitrogen and oxygen atoms in total. The number of carboxylic acid groups (broad SMARTS) is 1. The van der Waals surface area contributed by atoms with E-state index in [1.165, 1.54) is 4.90 Å². The second kappa shape index (κ2) is 9.72. The van der Waals surface area contributed by atoms with E-state index in [0.29, 0.717) is 28.8 Å². The highest BCUT2D eigenvalue weighted by Crippen LogP contribution is 2.37. The number of nitrogens with zero attached hydrogens (tertiary/aromatic N) is 1. The van der Waals surface area contributed by atoms with Gasteiger partial charge >= 0.3 is 5.97 Å². The van der Waals surface area contributed by atoms with Crippen molar-refractivity contribution in [2.75, 3.05) is 26.9 Å². The summed E-state index contributed by atoms with van der Waals surface area (Å²) in [7, 11) is 1.56. The first kappa shape index (κ1) is 21.2. The molecule has 0 atom stereocenters. The second-order valence-electron chi connectivity index (χ2n) is 5.17. The van der Waals surface area contributed by atoms with Crippen LogP contribution in [0.15, 0.2) is 21.5 Å². The molecule has 1 heterocycles. The molecule has 1 aliphatic heterocycles. The highest BCUT2D eigenvalue weighted by molar-refractivity contribution is 14.1. The topological polar surface area (TPSA) is 93.1 Å². The fourth-order valence-electron chi connectivity index (χ4n) is 2.17. The van der Waals surface area contributed by atoms with E-state index in [1.54, 1.807) is 25.3 Å². The minimum Gasteiger partial charge on any atom is -0.480 e. The Bertz CT molecular complexity index is 769. The van der Waals surface area contributed by atoms with Crippen molar-refractivity contribution in [1.82, 2.24) is 4.90 Å². The van der Waals surface area contributed by atoms with E-state index >= 15 is 0 Å². The average Bonchev–Trinajstić information content (AvgIpc) is 2.81. The number of ether oxygens (including phenoxy) is 2. The Morgan fingerprint density at radius 3 is 2.81 bits per heavy atom. The van der Waals surface area contributed by atoms with Gasteiger partial charge in [-0.2, -0.15) is 0 Å². The van der Waals surface area contributed by atoms with E-state index in [9.17, 15) is 14.4 Å². The minimum atomic E-state index is -1.11. The van der Waals surface area contributed by atoms with Crippen molar-refractivity contribution < 1.29 is 29.0 Å². The Morgan fingerprint density at radius 1 is 1.42 bits per heavy atom. The maximum absolute atomic E-state index is 12.5. The lowest BCUT2D eigenvalue weighted by atomic mass is 10.2. The molecule has 26 heavy (non-hydrogen) atoms. The van der Waals surface area contributed by atoms with Crippen LogP contribution in [0.1, 0.15) is 12.0 Å². The zero-order valence-electron chi connectivity index (χ0n) is 13.7. The quantitative estimate of drug-likeness (QED) is 0.298. The molecule has 140 valence electrons. The maximum Gasteiger partial charge on any atom is 0.341 e. The molecular formula is C16H15BrINO6S. The molecule has 1 fully saturated rings. The molecule has 1 N–H and O–H groups in total. The molecule has 10 heteroatoms. The molecule has 0 aromatic heterocycles. The predicted octanol–water partition coefficient (Wildman–Crippen LogP) is 3.59. The third-order valence-electron chi connectivity index (χ3n) is 3.27. The summed E-state index contributed by atoms with van der Waals surface area (Å²) >= 11 is 6.29. The first-order valence-corrected chi connectivity index (χ1v) is 10.1. The number of aliphatic carboxylic acids is 1. The monoisotopic (exact) mass is 555 g/mol. The molecule has 0 unspecified atom stereocenters. The summed E-state index contributed by atoms with van der Waals surface area (Å²) in [6, 6.07) is 3.52. The predicted molar refractivity (Wildman–Crippen MR) is 109 cm³/mol. The van der Waals surface area contributed by atoms with Crippen LogP contribution in [-0.4, -0.2) is 54.0 Å². The number of halogens is 2. The van der Waals surface area contributed by atoms with Crippen LogP contribution < -0.4 is 4.74 Å². The number of benzene rings is 1. The second-order valence-corrected chi connectivity index (χ2v) is 8.26. The normalized spacial score (nSPS) is 15.8. The van der Waals surface area contributed by atoms with Crippen LogP contribution in [0.4, 0.5) is 4.79 Å². The van der Waals surface area contributed by atoms with Gasteiger partial charge in [0.1, 0.15) is 5.75 Å². The third kappa shape index (κ3) is 5.44. The lowest BCUT2D eigenvalue weighted by molar-refractivity contribution is -0.139. The minimum absolute atomic E-state index is 0.265. The number of carbonyl (C=O) groups is 3. The molecule has 0 radical (unpaired) electrons. The van der Waals surface area contributed by atoms with Crippen molar-refractivity contribution in [2.45, 2.75) is 6.42 Å². The lowest BCUT2D eigenvalue weighted by Crippen LogP contribution is -2.29. The Hall–Kier alpha value is -1.11. The molecule has 0 aliphatic carbocycles. The van der Waals surface area contributed by atoms with Crippen LogP contribution in [0.25, 0.3) is 6.08 Å². The molecule has 1 aliphatic rings. The van der Waals surface area contributed by atoms with Gasteiger partial charge in [-0.25, -0.2) is 4.79 Å². The molecule has 2 rings (SSSR count). The number of amides is 2. The average molecular weight is 556 g/mol. The Labute approximate surface area is 176 Å². The number of methoxy groups -OCH3 is 1. The van der Waals surface area contributed by atoms with E-state index in [4.69, 9.17) is 14.6 Å². The Kier molecular flexibility index (Phi) is 7.92. The third-order valence-corrected chi connectivity index (χ3v) is 5.39. The van der Waals surface area contributed by atoms with Gasteiger partial charge in [0, 0.05) is 29.4 Å². The van der Waals surface area contributed by atoms with Crippen LogP contribution in [0.2, 0.25) is 0 Å². The van der Waals surface area contributed by atoms with Crippen molar-refractivity contribution >= 4 is 73.5 Å². The summed E-state index contributed by atoms with van der Waals surface area (Å²) < 4.78 is 11.7. The smallest absolute Gasteiger partial charge is 0.341 e. The number of carboxylic acids is 1. The van der Waals surface area contributed by atoms with Crippen molar-refractivity contribution in [3.05, 3.63) is 30.6 Å². The molecule has 0 spiro atoms. The summed E-state index contributed by atoms with van der Waals surface area (Å²) in [4.78, 5) is 36.8. The standard InChI is InChI=1S/C16H15BrINO6S/c1-24-4-2-3-19-15(22)12(26-16(19)23)6-9-5-10(18)7-11(17)14(9)25-8-13(20)21/h5-7H,2-4,8H2,1H3,(H,20,21)/b12-6+. The van der Waals surface area contributed by atoms with E-state index < -0.39 is 12.6 Å². The summed E-state index contributed by atoms with van der Waals surface area (Å²) in [6.45, 7) is 0.227. The molecule has 0 bridgehead atoms. The number of hydrogen-bond donors (Lipinski definition) is 1. The summed E-state index contributed by atoms with van der Waals surface area (Å²) in [6.07, 6.45) is 2.11. The number of rotatable bonds is 8. The maximum atomic E-state index is 12.5. The molecule has 0 saturated carbocycles. The largest absolute Gasteiger partial charge is 0.480 e. The van der Waals surface area contributed by atoms with Crippen LogP contribution in [0.3, 0.4) is 0 Å². The first-order valence-electron chi connectivity index (χ1n) is 7.41. The van der Waals surface area contributed by atoms with Crippen molar-refractivity contribution in [2.24, 2.45) is 0 Å². The van der Waals surface area contributed by atoms with Gasteiger partial charge in [0.05, 0.1) is 9.38 Å². The number of thioether (sulfide) groups is 1. The molecule has 2 amide bonds. The van der Waals surface area contributed by atoms with Gasteiger partial charge in [-0.1, -0.05) is 0 Å². The van der Waals surface area contributed by atoms with Crippen molar-refractivity contribution in [1.29, 1.82) is 0 Å². The van der Waals surface area contributed by atoms with E-state index in [-0.39, 0.29) is 22.6 Å². The van der Waals surface area contributed by atoms with Crippen LogP contribution in [0.5, 0.6) is 5.75 Å². The summed E-state index contributed by atoms with van der Waals surface area (Å²) in [5.74, 6) is -1.19. The van der Waals surface area contributed by atoms with Gasteiger partial charge < -0.3 is 14.6 Å². The van der Waals surface area contributed by atoms with Gasteiger partial charge in [-0.3, -0.25) is 14.5 Å². The van der Waals surface area contributed by atoms with Crippen molar-refractivity contribution in [3.63, 3.8) is 0 Å². The zero-order chi connectivity index (χ0) is 19.3. The summed E-state index contributed by atoms with van der Waals surface area (Å²) in [5, 5.41) is 8.49. The molecule has 1 aromatic rings.